The summed E-state index contributed by atoms with van der Waals surface area (Å²) >= 11 is 3.58. The van der Waals surface area contributed by atoms with E-state index in [4.69, 9.17) is 9.72 Å². The molecule has 3 fully saturated rings. The minimum Gasteiger partial charge on any atom is -0.494 e. The summed E-state index contributed by atoms with van der Waals surface area (Å²) < 4.78 is 20.0. The number of likely N-dealkylation sites (tertiary alicyclic amines) is 2. The normalized spacial score (nSPS) is 20.9. The largest absolute Gasteiger partial charge is 0.494 e. The molecule has 0 bridgehead atoms. The lowest BCUT2D eigenvalue weighted by Crippen LogP contribution is -2.45. The molecule has 3 aliphatic rings. The molecule has 0 aliphatic carbocycles. The molecule has 3 aliphatic heterocycles. The van der Waals surface area contributed by atoms with Crippen LogP contribution in [0.25, 0.3) is 11.0 Å². The molecule has 13 heteroatoms. The highest BCUT2D eigenvalue weighted by Crippen LogP contribution is 2.42. The molecular formula is C34H43BrN9O2P. The third-order valence-electron chi connectivity index (χ3n) is 9.93. The van der Waals surface area contributed by atoms with Gasteiger partial charge in [-0.1, -0.05) is 0 Å². The van der Waals surface area contributed by atoms with Crippen LogP contribution in [0.3, 0.4) is 0 Å². The summed E-state index contributed by atoms with van der Waals surface area (Å²) in [4.78, 5) is 26.0. The van der Waals surface area contributed by atoms with Crippen LogP contribution >= 0.6 is 23.1 Å². The van der Waals surface area contributed by atoms with Crippen molar-refractivity contribution in [1.82, 2.24) is 29.7 Å². The van der Waals surface area contributed by atoms with Gasteiger partial charge in [-0.05, 0) is 91.7 Å². The Hall–Kier alpha value is -3.31. The van der Waals surface area contributed by atoms with Crippen molar-refractivity contribution in [2.45, 2.75) is 25.8 Å². The molecule has 4 aromatic rings. The van der Waals surface area contributed by atoms with Gasteiger partial charge in [0.2, 0.25) is 5.95 Å². The lowest BCUT2D eigenvalue weighted by Gasteiger charge is -2.39. The molecule has 2 N–H and O–H groups in total. The third kappa shape index (κ3) is 6.57. The zero-order valence-electron chi connectivity index (χ0n) is 27.7. The first-order valence-electron chi connectivity index (χ1n) is 16.3. The smallest absolute Gasteiger partial charge is 0.229 e. The number of ether oxygens (including phenoxy) is 1. The summed E-state index contributed by atoms with van der Waals surface area (Å²) in [5.41, 5.74) is 5.14. The fraction of sp³-hybridized carbons (Fsp3) is 0.471. The highest BCUT2D eigenvalue weighted by atomic mass is 79.9. The van der Waals surface area contributed by atoms with E-state index in [-0.39, 0.29) is 0 Å². The molecule has 5 heterocycles. The Kier molecular flexibility index (Phi) is 8.89. The van der Waals surface area contributed by atoms with Crippen LogP contribution in [0, 0.1) is 18.8 Å². The molecule has 7 rings (SSSR count). The Morgan fingerprint density at radius 1 is 0.957 bits per heavy atom. The lowest BCUT2D eigenvalue weighted by molar-refractivity contribution is 0.184. The summed E-state index contributed by atoms with van der Waals surface area (Å²) in [5.74, 6) is 3.37. The maximum absolute atomic E-state index is 13.4. The van der Waals surface area contributed by atoms with Gasteiger partial charge in [0.1, 0.15) is 24.2 Å². The number of nitrogens with one attached hydrogen (secondary N) is 2. The molecule has 0 radical (unpaired) electrons. The van der Waals surface area contributed by atoms with Gasteiger partial charge in [-0.15, -0.1) is 0 Å². The maximum atomic E-state index is 13.4. The van der Waals surface area contributed by atoms with Crippen molar-refractivity contribution >= 4 is 68.2 Å². The maximum Gasteiger partial charge on any atom is 0.229 e. The van der Waals surface area contributed by atoms with E-state index < -0.39 is 7.14 Å². The molecule has 0 amide bonds. The lowest BCUT2D eigenvalue weighted by atomic mass is 10.0. The molecule has 248 valence electrons. The average molecular weight is 721 g/mol. The second-order valence-electron chi connectivity index (χ2n) is 13.6. The number of halogens is 1. The number of hydrogen-bond acceptors (Lipinski definition) is 11. The van der Waals surface area contributed by atoms with Crippen molar-refractivity contribution in [3.8, 4) is 5.75 Å². The number of benzene rings is 2. The molecule has 0 saturated carbocycles. The van der Waals surface area contributed by atoms with Gasteiger partial charge in [0.15, 0.2) is 0 Å². The zero-order chi connectivity index (χ0) is 32.9. The molecule has 0 unspecified atom stereocenters. The Morgan fingerprint density at radius 2 is 1.68 bits per heavy atom. The topological polar surface area (TPSA) is 112 Å². The number of anilines is 5. The van der Waals surface area contributed by atoms with Crippen LogP contribution in [-0.4, -0.2) is 103 Å². The summed E-state index contributed by atoms with van der Waals surface area (Å²) in [6.07, 6.45) is 7.33. The third-order valence-corrected chi connectivity index (χ3v) is 12.0. The Labute approximate surface area is 285 Å². The van der Waals surface area contributed by atoms with Gasteiger partial charge >= 0.3 is 0 Å². The van der Waals surface area contributed by atoms with Crippen molar-refractivity contribution in [1.29, 1.82) is 0 Å². The van der Waals surface area contributed by atoms with Crippen molar-refractivity contribution < 1.29 is 9.30 Å². The number of aryl methyl sites for hydroxylation is 1. The van der Waals surface area contributed by atoms with Gasteiger partial charge in [0.25, 0.3) is 0 Å². The van der Waals surface area contributed by atoms with E-state index in [1.54, 1.807) is 39.0 Å². The fourth-order valence-electron chi connectivity index (χ4n) is 7.75. The van der Waals surface area contributed by atoms with Crippen LogP contribution in [0.5, 0.6) is 5.75 Å². The van der Waals surface area contributed by atoms with Gasteiger partial charge in [-0.3, -0.25) is 14.9 Å². The first-order chi connectivity index (χ1) is 22.6. The summed E-state index contributed by atoms with van der Waals surface area (Å²) in [7, 11) is 1.22. The first kappa shape index (κ1) is 32.2. The van der Waals surface area contributed by atoms with Crippen LogP contribution in [0.15, 0.2) is 47.3 Å². The summed E-state index contributed by atoms with van der Waals surface area (Å²) in [6.45, 7) is 12.7. The van der Waals surface area contributed by atoms with Gasteiger partial charge in [-0.25, -0.2) is 4.98 Å². The zero-order valence-corrected chi connectivity index (χ0v) is 30.2. The van der Waals surface area contributed by atoms with Crippen molar-refractivity contribution in [2.24, 2.45) is 11.8 Å². The summed E-state index contributed by atoms with van der Waals surface area (Å²) in [5, 5.41) is 7.38. The molecule has 3 saturated heterocycles. The molecular weight excluding hydrogens is 677 g/mol. The second kappa shape index (κ2) is 13.0. The van der Waals surface area contributed by atoms with Gasteiger partial charge < -0.3 is 29.7 Å². The number of nitrogens with zero attached hydrogens (tertiary/aromatic N) is 7. The van der Waals surface area contributed by atoms with E-state index in [0.717, 1.165) is 36.4 Å². The van der Waals surface area contributed by atoms with Gasteiger partial charge in [0.05, 0.1) is 33.8 Å². The molecule has 2 aromatic carbocycles. The molecule has 2 aromatic heterocycles. The number of piperidine rings is 1. The van der Waals surface area contributed by atoms with E-state index in [0.29, 0.717) is 44.3 Å². The number of fused-ring (bicyclic) bond motifs is 2. The molecule has 11 nitrogen and oxygen atoms in total. The van der Waals surface area contributed by atoms with Crippen LogP contribution in [-0.2, 0) is 4.57 Å². The Morgan fingerprint density at radius 3 is 2.38 bits per heavy atom. The van der Waals surface area contributed by atoms with E-state index in [2.05, 4.69) is 82.3 Å². The van der Waals surface area contributed by atoms with Crippen molar-refractivity contribution in [3.05, 3.63) is 52.9 Å². The number of hydrogen-bond donors (Lipinski definition) is 2. The average Bonchev–Trinajstić information content (AvgIpc) is 3.60. The number of aromatic nitrogens is 4. The predicted octanol–water partition coefficient (Wildman–Crippen LogP) is 5.70. The van der Waals surface area contributed by atoms with Crippen molar-refractivity contribution in [3.63, 3.8) is 0 Å². The standard InChI is InChI=1S/C34H43BrN9O2P/c1-21-14-28(30(46-3)15-29(21)43-12-8-24(9-13-43)44-19-22-17-42(2)18-23(22)20-44)40-34-38-16-25(35)33(41-34)39-27-7-6-26-31(37-11-10-36-26)32(27)47(4,5)45/h6-7,10-11,14-16,22-24H,8-9,12-13,17-20H2,1-5H3,(H2,38,39,40,41)/t22-,23+. The van der Waals surface area contributed by atoms with Crippen LogP contribution in [0.1, 0.15) is 18.4 Å². The predicted molar refractivity (Wildman–Crippen MR) is 194 cm³/mol. The highest BCUT2D eigenvalue weighted by molar-refractivity contribution is 9.10. The quantitative estimate of drug-likeness (QED) is 0.219. The van der Waals surface area contributed by atoms with Crippen molar-refractivity contribution in [2.75, 3.05) is 82.3 Å². The first-order valence-corrected chi connectivity index (χ1v) is 19.7. The Bertz CT molecular complexity index is 1830. The van der Waals surface area contributed by atoms with E-state index in [1.165, 1.54) is 50.3 Å². The molecule has 0 spiro atoms. The number of rotatable bonds is 8. The van der Waals surface area contributed by atoms with Crippen LogP contribution in [0.4, 0.5) is 28.8 Å². The van der Waals surface area contributed by atoms with Gasteiger partial charge in [-0.2, -0.15) is 4.98 Å². The minimum absolute atomic E-state index is 0.404. The van der Waals surface area contributed by atoms with Crippen LogP contribution in [0.2, 0.25) is 0 Å². The fourth-order valence-corrected chi connectivity index (χ4v) is 9.43. The second-order valence-corrected chi connectivity index (χ2v) is 17.6. The Balaban J connectivity index is 1.07. The summed E-state index contributed by atoms with van der Waals surface area (Å²) in [6, 6.07) is 8.67. The SMILES string of the molecule is COc1cc(N2CCC(N3C[C@H]4CN(C)C[C@H]4C3)CC2)c(C)cc1Nc1ncc(Br)c(Nc2ccc3nccnc3c2P(C)(C)=O)n1. The molecule has 47 heavy (non-hydrogen) atoms. The molecule has 2 atom stereocenters. The minimum atomic E-state index is -2.73. The van der Waals surface area contributed by atoms with E-state index in [1.807, 2.05) is 12.1 Å². The van der Waals surface area contributed by atoms with E-state index in [9.17, 15) is 4.57 Å². The monoisotopic (exact) mass is 719 g/mol. The number of methoxy groups -OCH3 is 1. The van der Waals surface area contributed by atoms with E-state index >= 15 is 0 Å². The highest BCUT2D eigenvalue weighted by Gasteiger charge is 2.41. The van der Waals surface area contributed by atoms with Crippen LogP contribution < -0.4 is 25.6 Å². The van der Waals surface area contributed by atoms with Gasteiger partial charge in [0, 0.05) is 75.7 Å².